The van der Waals surface area contributed by atoms with E-state index < -0.39 is 24.3 Å². The molecule has 3 fully saturated rings. The number of carbonyl (C=O) groups is 2. The molecule has 0 radical (unpaired) electrons. The molecule has 1 aromatic heterocycles. The van der Waals surface area contributed by atoms with Crippen molar-refractivity contribution in [2.24, 2.45) is 5.92 Å². The smallest absolute Gasteiger partial charge is 0.475 e. The van der Waals surface area contributed by atoms with Crippen LogP contribution in [0.15, 0.2) is 22.8 Å². The summed E-state index contributed by atoms with van der Waals surface area (Å²) < 4.78 is 80.8. The number of fused-ring (bicyclic) bond motifs is 1. The Morgan fingerprint density at radius 1 is 1.00 bits per heavy atom. The zero-order valence-electron chi connectivity index (χ0n) is 20.7. The van der Waals surface area contributed by atoms with Crippen molar-refractivity contribution < 1.29 is 60.0 Å². The zero-order valence-corrected chi connectivity index (χ0v) is 20.7. The number of aliphatic carboxylic acids is 2. The van der Waals surface area contributed by atoms with Crippen LogP contribution >= 0.6 is 0 Å². The molecule has 2 N–H and O–H groups in total. The number of furan rings is 1. The van der Waals surface area contributed by atoms with Gasteiger partial charge in [-0.2, -0.15) is 26.3 Å². The minimum absolute atomic E-state index is 0.370. The first-order valence-corrected chi connectivity index (χ1v) is 12.0. The van der Waals surface area contributed by atoms with Crippen LogP contribution < -0.4 is 0 Å². The van der Waals surface area contributed by atoms with Crippen LogP contribution in [0.5, 0.6) is 0 Å². The fourth-order valence-electron chi connectivity index (χ4n) is 4.71. The van der Waals surface area contributed by atoms with Crippen LogP contribution in [0.2, 0.25) is 0 Å². The number of likely N-dealkylation sites (tertiary alicyclic amines) is 1. The normalized spacial score (nSPS) is 24.9. The van der Waals surface area contributed by atoms with E-state index >= 15 is 0 Å². The maximum Gasteiger partial charge on any atom is 0.490 e. The third-order valence-corrected chi connectivity index (χ3v) is 6.51. The van der Waals surface area contributed by atoms with Crippen LogP contribution in [0.3, 0.4) is 0 Å². The van der Waals surface area contributed by atoms with E-state index in [-0.39, 0.29) is 0 Å². The highest BCUT2D eigenvalue weighted by Crippen LogP contribution is 2.33. The molecule has 0 amide bonds. The first-order valence-electron chi connectivity index (χ1n) is 12.0. The molecule has 3 saturated heterocycles. The van der Waals surface area contributed by atoms with E-state index in [9.17, 15) is 26.3 Å². The van der Waals surface area contributed by atoms with Gasteiger partial charge in [0.1, 0.15) is 5.76 Å². The number of likely N-dealkylation sites (N-methyl/N-ethyl adjacent to an activating group) is 1. The highest BCUT2D eigenvalue weighted by atomic mass is 19.4. The van der Waals surface area contributed by atoms with Gasteiger partial charge in [-0.1, -0.05) is 0 Å². The quantitative estimate of drug-likeness (QED) is 0.532. The third-order valence-electron chi connectivity index (χ3n) is 6.51. The molecule has 3 atom stereocenters. The molecule has 218 valence electrons. The molecule has 0 aromatic carbocycles. The third kappa shape index (κ3) is 10.1. The van der Waals surface area contributed by atoms with Crippen molar-refractivity contribution in [1.82, 2.24) is 9.80 Å². The van der Waals surface area contributed by atoms with Gasteiger partial charge in [-0.3, -0.25) is 9.80 Å². The predicted octanol–water partition coefficient (Wildman–Crippen LogP) is 3.64. The monoisotopic (exact) mass is 562 g/mol. The molecule has 0 aliphatic carbocycles. The fraction of sp³-hybridized carbons (Fsp3) is 0.739. The van der Waals surface area contributed by atoms with Gasteiger partial charge in [0.15, 0.2) is 0 Å². The Morgan fingerprint density at radius 2 is 1.58 bits per heavy atom. The lowest BCUT2D eigenvalue weighted by Gasteiger charge is -2.51. The summed E-state index contributed by atoms with van der Waals surface area (Å²) in [6, 6.07) is 5.16. The Morgan fingerprint density at radius 3 is 2.08 bits per heavy atom. The second-order valence-electron chi connectivity index (χ2n) is 9.20. The van der Waals surface area contributed by atoms with Crippen LogP contribution in [0.1, 0.15) is 31.4 Å². The average molecular weight is 563 g/mol. The Balaban J connectivity index is 0.000000301. The molecule has 3 aliphatic heterocycles. The highest BCUT2D eigenvalue weighted by Gasteiger charge is 2.43. The number of piperidine rings is 1. The molecule has 9 nitrogen and oxygen atoms in total. The molecule has 4 heterocycles. The van der Waals surface area contributed by atoms with Crippen molar-refractivity contribution in [3.05, 3.63) is 24.2 Å². The summed E-state index contributed by atoms with van der Waals surface area (Å²) in [6.45, 7) is 5.90. The number of carboxylic acid groups (broad SMARTS) is 2. The van der Waals surface area contributed by atoms with Gasteiger partial charge < -0.3 is 24.1 Å². The molecule has 0 saturated carbocycles. The summed E-state index contributed by atoms with van der Waals surface area (Å²) in [6.07, 6.45) is -3.18. The van der Waals surface area contributed by atoms with Gasteiger partial charge in [-0.15, -0.1) is 0 Å². The Kier molecular flexibility index (Phi) is 11.9. The van der Waals surface area contributed by atoms with Crippen LogP contribution in [0, 0.1) is 5.92 Å². The van der Waals surface area contributed by atoms with Gasteiger partial charge in [-0.25, -0.2) is 9.59 Å². The van der Waals surface area contributed by atoms with E-state index in [0.717, 1.165) is 38.7 Å². The summed E-state index contributed by atoms with van der Waals surface area (Å²) >= 11 is 0. The number of carboxylic acids is 2. The molecule has 3 aliphatic rings. The first-order chi connectivity index (χ1) is 17.7. The zero-order chi connectivity index (χ0) is 28.5. The number of nitrogens with zero attached hydrogens (tertiary/aromatic N) is 2. The van der Waals surface area contributed by atoms with E-state index in [4.69, 9.17) is 33.7 Å². The highest BCUT2D eigenvalue weighted by molar-refractivity contribution is 5.73. The second-order valence-corrected chi connectivity index (χ2v) is 9.20. The Labute approximate surface area is 215 Å². The molecule has 0 unspecified atom stereocenters. The lowest BCUT2D eigenvalue weighted by molar-refractivity contribution is -0.193. The van der Waals surface area contributed by atoms with Gasteiger partial charge in [0.05, 0.1) is 18.9 Å². The molecule has 0 spiro atoms. The fourth-order valence-corrected chi connectivity index (χ4v) is 4.71. The standard InChI is InChI=1S/C19H30N2O3.2C2HF3O2/c1-20(13-17-5-3-8-23-17)18-14-21(16-6-10-22-11-7-16)12-15-4-2-9-24-19(15)18;2*3-2(4,5)1(6)7/h3,5,8,15-16,18-19H,2,4,6-7,9-14H2,1H3;2*(H,6,7)/t15-,18+,19-;;/m0../s1. The molecular formula is C23H32F6N2O7. The van der Waals surface area contributed by atoms with E-state index in [0.29, 0.717) is 24.1 Å². The number of rotatable bonds is 4. The predicted molar refractivity (Wildman–Crippen MR) is 119 cm³/mol. The topological polar surface area (TPSA) is 113 Å². The van der Waals surface area contributed by atoms with Crippen LogP contribution in [-0.2, 0) is 25.6 Å². The van der Waals surface area contributed by atoms with Crippen molar-refractivity contribution in [2.75, 3.05) is 40.0 Å². The van der Waals surface area contributed by atoms with Crippen LogP contribution in [0.25, 0.3) is 0 Å². The number of hydrogen-bond donors (Lipinski definition) is 2. The van der Waals surface area contributed by atoms with Gasteiger partial charge >= 0.3 is 24.3 Å². The minimum atomic E-state index is -5.08. The van der Waals surface area contributed by atoms with E-state index in [1.807, 2.05) is 6.07 Å². The Bertz CT molecular complexity index is 835. The SMILES string of the molecule is CN(Cc1ccco1)[C@@H]1CN(C2CCOCC2)C[C@@H]2CCCO[C@@H]21.O=C(O)C(F)(F)F.O=C(O)C(F)(F)F. The van der Waals surface area contributed by atoms with Crippen molar-refractivity contribution in [2.45, 2.75) is 62.8 Å². The Hall–Kier alpha value is -2.36. The van der Waals surface area contributed by atoms with E-state index in [1.165, 1.54) is 32.2 Å². The molecule has 15 heteroatoms. The van der Waals surface area contributed by atoms with Gasteiger partial charge in [0.25, 0.3) is 0 Å². The van der Waals surface area contributed by atoms with Crippen LogP contribution in [-0.4, -0.2) is 102 Å². The molecular weight excluding hydrogens is 530 g/mol. The van der Waals surface area contributed by atoms with E-state index in [1.54, 1.807) is 6.26 Å². The van der Waals surface area contributed by atoms with Gasteiger partial charge in [0, 0.05) is 45.0 Å². The molecule has 38 heavy (non-hydrogen) atoms. The number of halogens is 6. The summed E-state index contributed by atoms with van der Waals surface area (Å²) in [5.74, 6) is -3.81. The summed E-state index contributed by atoms with van der Waals surface area (Å²) in [7, 11) is 2.22. The lowest BCUT2D eigenvalue weighted by atomic mass is 9.83. The van der Waals surface area contributed by atoms with E-state index in [2.05, 4.69) is 22.9 Å². The maximum atomic E-state index is 10.6. The van der Waals surface area contributed by atoms with Crippen LogP contribution in [0.4, 0.5) is 26.3 Å². The van der Waals surface area contributed by atoms with Crippen molar-refractivity contribution in [3.8, 4) is 0 Å². The maximum absolute atomic E-state index is 10.6. The number of alkyl halides is 6. The molecule has 1 aromatic rings. The van der Waals surface area contributed by atoms with Crippen molar-refractivity contribution in [3.63, 3.8) is 0 Å². The van der Waals surface area contributed by atoms with Crippen molar-refractivity contribution >= 4 is 11.9 Å². The van der Waals surface area contributed by atoms with Gasteiger partial charge in [0.2, 0.25) is 0 Å². The molecule has 4 rings (SSSR count). The summed E-state index contributed by atoms with van der Waals surface area (Å²) in [5.41, 5.74) is 0. The number of ether oxygens (including phenoxy) is 2. The van der Waals surface area contributed by atoms with Gasteiger partial charge in [-0.05, 0) is 50.8 Å². The summed E-state index contributed by atoms with van der Waals surface area (Å²) in [4.78, 5) is 23.0. The van der Waals surface area contributed by atoms with Crippen molar-refractivity contribution in [1.29, 1.82) is 0 Å². The first kappa shape index (κ1) is 31.9. The second kappa shape index (κ2) is 14.1. The lowest BCUT2D eigenvalue weighted by Crippen LogP contribution is -2.62. The average Bonchev–Trinajstić information content (AvgIpc) is 3.36. The molecule has 0 bridgehead atoms. The number of hydrogen-bond acceptors (Lipinski definition) is 7. The largest absolute Gasteiger partial charge is 0.490 e. The summed E-state index contributed by atoms with van der Waals surface area (Å²) in [5, 5.41) is 14.2. The minimum Gasteiger partial charge on any atom is -0.475 e.